The molecule has 1 N–H and O–H groups in total. The lowest BCUT2D eigenvalue weighted by Crippen LogP contribution is -2.17. The Hall–Kier alpha value is -0.550. The van der Waals surface area contributed by atoms with Crippen molar-refractivity contribution in [2.24, 2.45) is 0 Å². The first kappa shape index (κ1) is 15.3. The Kier molecular flexibility index (Phi) is 4.89. The fourth-order valence-electron chi connectivity index (χ4n) is 2.31. The predicted molar refractivity (Wildman–Crippen MR) is 95.4 cm³/mol. The number of rotatable bonds is 6. The van der Waals surface area contributed by atoms with Gasteiger partial charge in [0.15, 0.2) is 0 Å². The van der Waals surface area contributed by atoms with Gasteiger partial charge in [0.25, 0.3) is 0 Å². The van der Waals surface area contributed by atoms with Crippen LogP contribution in [0.2, 0.25) is 5.02 Å². The van der Waals surface area contributed by atoms with Gasteiger partial charge in [-0.1, -0.05) is 17.7 Å². The first-order chi connectivity index (χ1) is 10.1. The Bertz CT molecular complexity index is 624. The largest absolute Gasteiger partial charge is 0.369 e. The zero-order valence-corrected chi connectivity index (χ0v) is 15.1. The summed E-state index contributed by atoms with van der Waals surface area (Å²) in [7, 11) is 2.08. The highest BCUT2D eigenvalue weighted by Gasteiger charge is 2.20. The maximum absolute atomic E-state index is 6.45. The number of anilines is 1. The van der Waals surface area contributed by atoms with Crippen molar-refractivity contribution in [3.63, 3.8) is 0 Å². The summed E-state index contributed by atoms with van der Waals surface area (Å²) in [6, 6.07) is 9.24. The van der Waals surface area contributed by atoms with E-state index in [1.165, 1.54) is 27.8 Å². The average Bonchev–Trinajstić information content (AvgIpc) is 3.19. The lowest BCUT2D eigenvalue weighted by atomic mass is 10.2. The van der Waals surface area contributed by atoms with Gasteiger partial charge in [-0.3, -0.25) is 0 Å². The second kappa shape index (κ2) is 6.69. The maximum Gasteiger partial charge on any atom is 0.0701 e. The second-order valence-corrected chi connectivity index (χ2v) is 8.25. The minimum Gasteiger partial charge on any atom is -0.369 e. The molecule has 0 spiro atoms. The number of benzene rings is 1. The van der Waals surface area contributed by atoms with Gasteiger partial charge in [0, 0.05) is 26.2 Å². The van der Waals surface area contributed by atoms with Crippen LogP contribution in [-0.4, -0.2) is 13.1 Å². The number of nitrogens with zero attached hydrogens (tertiary/aromatic N) is 1. The van der Waals surface area contributed by atoms with Gasteiger partial charge in [-0.15, -0.1) is 11.3 Å². The van der Waals surface area contributed by atoms with E-state index in [0.29, 0.717) is 0 Å². The molecule has 1 fully saturated rings. The summed E-state index contributed by atoms with van der Waals surface area (Å²) >= 11 is 11.7. The van der Waals surface area contributed by atoms with Crippen LogP contribution in [0.1, 0.15) is 24.0 Å². The van der Waals surface area contributed by atoms with Crippen molar-refractivity contribution < 1.29 is 0 Å². The summed E-state index contributed by atoms with van der Waals surface area (Å²) in [5.74, 6) is 0. The van der Waals surface area contributed by atoms with Crippen molar-refractivity contribution in [2.45, 2.75) is 32.0 Å². The molecule has 0 aliphatic heterocycles. The van der Waals surface area contributed by atoms with Gasteiger partial charge in [0.2, 0.25) is 0 Å². The Labute approximate surface area is 143 Å². The van der Waals surface area contributed by atoms with E-state index in [1.807, 2.05) is 0 Å². The first-order valence-electron chi connectivity index (χ1n) is 7.07. The quantitative estimate of drug-likeness (QED) is 0.748. The number of hydrogen-bond acceptors (Lipinski definition) is 3. The number of nitrogens with one attached hydrogen (secondary N) is 1. The summed E-state index contributed by atoms with van der Waals surface area (Å²) in [4.78, 5) is 2.19. The van der Waals surface area contributed by atoms with Crippen LogP contribution in [0.25, 0.3) is 0 Å². The van der Waals surface area contributed by atoms with Crippen LogP contribution < -0.4 is 10.2 Å². The zero-order chi connectivity index (χ0) is 14.8. The highest BCUT2D eigenvalue weighted by atomic mass is 79.9. The molecule has 112 valence electrons. The summed E-state index contributed by atoms with van der Waals surface area (Å²) in [6.45, 7) is 1.77. The molecular weight excluding hydrogens is 368 g/mol. The fourth-order valence-corrected chi connectivity index (χ4v) is 3.86. The third-order valence-corrected chi connectivity index (χ3v) is 5.49. The molecule has 1 aliphatic carbocycles. The molecule has 0 atom stereocenters. The smallest absolute Gasteiger partial charge is 0.0701 e. The van der Waals surface area contributed by atoms with Crippen LogP contribution in [0.3, 0.4) is 0 Å². The number of hydrogen-bond donors (Lipinski definition) is 1. The molecular formula is C16H18BrClN2S. The Morgan fingerprint density at radius 3 is 2.76 bits per heavy atom. The molecule has 5 heteroatoms. The third kappa shape index (κ3) is 4.22. The molecule has 1 saturated carbocycles. The first-order valence-corrected chi connectivity index (χ1v) is 9.13. The van der Waals surface area contributed by atoms with Gasteiger partial charge in [0.1, 0.15) is 0 Å². The molecule has 2 aromatic rings. The highest BCUT2D eigenvalue weighted by molar-refractivity contribution is 9.11. The van der Waals surface area contributed by atoms with Crippen LogP contribution >= 0.6 is 38.9 Å². The van der Waals surface area contributed by atoms with Gasteiger partial charge >= 0.3 is 0 Å². The van der Waals surface area contributed by atoms with E-state index in [0.717, 1.165) is 29.8 Å². The molecule has 2 nitrogen and oxygen atoms in total. The third-order valence-electron chi connectivity index (χ3n) is 3.64. The van der Waals surface area contributed by atoms with Crippen molar-refractivity contribution in [1.82, 2.24) is 5.32 Å². The van der Waals surface area contributed by atoms with Crippen LogP contribution in [0, 0.1) is 0 Å². The van der Waals surface area contributed by atoms with E-state index >= 15 is 0 Å². The summed E-state index contributed by atoms with van der Waals surface area (Å²) in [6.07, 6.45) is 2.62. The molecule has 0 saturated heterocycles. The van der Waals surface area contributed by atoms with Crippen molar-refractivity contribution in [3.05, 3.63) is 49.6 Å². The average molecular weight is 386 g/mol. The number of halogens is 2. The monoisotopic (exact) mass is 384 g/mol. The van der Waals surface area contributed by atoms with Gasteiger partial charge in [0.05, 0.1) is 14.5 Å². The highest BCUT2D eigenvalue weighted by Crippen LogP contribution is 2.29. The van der Waals surface area contributed by atoms with Gasteiger partial charge in [-0.25, -0.2) is 0 Å². The molecule has 3 rings (SSSR count). The molecule has 1 aromatic carbocycles. The normalized spacial score (nSPS) is 14.4. The Balaban J connectivity index is 1.65. The SMILES string of the molecule is CN(Cc1csc(Br)c1)c1ccc(CNC2CC2)cc1Cl. The molecule has 0 amide bonds. The molecule has 0 unspecified atom stereocenters. The van der Waals surface area contributed by atoms with Crippen molar-refractivity contribution in [1.29, 1.82) is 0 Å². The Morgan fingerprint density at radius 2 is 2.14 bits per heavy atom. The van der Waals surface area contributed by atoms with Gasteiger partial charge in [-0.05, 0) is 63.5 Å². The molecule has 0 bridgehead atoms. The van der Waals surface area contributed by atoms with E-state index in [1.54, 1.807) is 11.3 Å². The summed E-state index contributed by atoms with van der Waals surface area (Å²) in [5.41, 5.74) is 3.63. The standard InChI is InChI=1S/C16H18BrClN2S/c1-20(9-12-7-16(17)21-10-12)15-5-2-11(6-14(15)18)8-19-13-3-4-13/h2,5-7,10,13,19H,3-4,8-9H2,1H3. The van der Waals surface area contributed by atoms with Crippen molar-refractivity contribution >= 4 is 44.6 Å². The Morgan fingerprint density at radius 1 is 1.33 bits per heavy atom. The van der Waals surface area contributed by atoms with Crippen molar-refractivity contribution in [3.8, 4) is 0 Å². The van der Waals surface area contributed by atoms with Crippen molar-refractivity contribution in [2.75, 3.05) is 11.9 Å². The van der Waals surface area contributed by atoms with E-state index in [9.17, 15) is 0 Å². The molecule has 1 aliphatic rings. The number of thiophene rings is 1. The molecule has 0 radical (unpaired) electrons. The topological polar surface area (TPSA) is 15.3 Å². The van der Waals surface area contributed by atoms with E-state index in [4.69, 9.17) is 11.6 Å². The zero-order valence-electron chi connectivity index (χ0n) is 11.9. The summed E-state index contributed by atoms with van der Waals surface area (Å²) in [5, 5.41) is 6.51. The molecule has 1 aromatic heterocycles. The van der Waals surface area contributed by atoms with Crippen LogP contribution in [0.4, 0.5) is 5.69 Å². The molecule has 1 heterocycles. The minimum absolute atomic E-state index is 0.725. The van der Waals surface area contributed by atoms with Crippen LogP contribution in [-0.2, 0) is 13.1 Å². The second-order valence-electron chi connectivity index (χ2n) is 5.56. The van der Waals surface area contributed by atoms with Gasteiger partial charge in [-0.2, -0.15) is 0 Å². The van der Waals surface area contributed by atoms with E-state index in [2.05, 4.69) is 62.8 Å². The molecule has 21 heavy (non-hydrogen) atoms. The predicted octanol–water partition coefficient (Wildman–Crippen LogP) is 5.05. The lowest BCUT2D eigenvalue weighted by molar-refractivity contribution is 0.688. The minimum atomic E-state index is 0.725. The van der Waals surface area contributed by atoms with Crippen LogP contribution in [0.5, 0.6) is 0 Å². The van der Waals surface area contributed by atoms with Crippen LogP contribution in [0.15, 0.2) is 33.4 Å². The maximum atomic E-state index is 6.45. The van der Waals surface area contributed by atoms with E-state index in [-0.39, 0.29) is 0 Å². The summed E-state index contributed by atoms with van der Waals surface area (Å²) < 4.78 is 1.17. The van der Waals surface area contributed by atoms with E-state index < -0.39 is 0 Å². The fraction of sp³-hybridized carbons (Fsp3) is 0.375. The lowest BCUT2D eigenvalue weighted by Gasteiger charge is -2.20. The van der Waals surface area contributed by atoms with Gasteiger partial charge < -0.3 is 10.2 Å².